The van der Waals surface area contributed by atoms with Gasteiger partial charge in [-0.25, -0.2) is 4.98 Å². The van der Waals surface area contributed by atoms with Crippen molar-refractivity contribution in [1.82, 2.24) is 15.0 Å². The van der Waals surface area contributed by atoms with Gasteiger partial charge in [0.1, 0.15) is 11.6 Å². The van der Waals surface area contributed by atoms with Gasteiger partial charge in [-0.2, -0.15) is 0 Å². The SMILES string of the molecule is COc1ccc2ncc(N[C@@H](C)c3cccc(NC(=O)c4cncc(C)c4)c3)nc2c1. The van der Waals surface area contributed by atoms with E-state index in [1.807, 2.05) is 62.4 Å². The lowest BCUT2D eigenvalue weighted by Crippen LogP contribution is -2.13. The highest BCUT2D eigenvalue weighted by Crippen LogP contribution is 2.23. The van der Waals surface area contributed by atoms with Crippen LogP contribution in [0.15, 0.2) is 67.1 Å². The smallest absolute Gasteiger partial charge is 0.257 e. The van der Waals surface area contributed by atoms with Gasteiger partial charge in [-0.3, -0.25) is 14.8 Å². The summed E-state index contributed by atoms with van der Waals surface area (Å²) < 4.78 is 5.27. The van der Waals surface area contributed by atoms with Crippen LogP contribution in [-0.2, 0) is 0 Å². The average molecular weight is 413 g/mol. The fourth-order valence-corrected chi connectivity index (χ4v) is 3.26. The molecular formula is C24H23N5O2. The Morgan fingerprint density at radius 1 is 1.03 bits per heavy atom. The van der Waals surface area contributed by atoms with Crippen molar-refractivity contribution >= 4 is 28.4 Å². The number of benzene rings is 2. The first kappa shape index (κ1) is 20.3. The van der Waals surface area contributed by atoms with Crippen LogP contribution in [0.25, 0.3) is 11.0 Å². The molecule has 31 heavy (non-hydrogen) atoms. The number of anilines is 2. The van der Waals surface area contributed by atoms with Crippen LogP contribution in [0.4, 0.5) is 11.5 Å². The summed E-state index contributed by atoms with van der Waals surface area (Å²) >= 11 is 0. The number of fused-ring (bicyclic) bond motifs is 1. The van der Waals surface area contributed by atoms with E-state index in [4.69, 9.17) is 4.74 Å². The lowest BCUT2D eigenvalue weighted by Gasteiger charge is -2.16. The van der Waals surface area contributed by atoms with E-state index >= 15 is 0 Å². The largest absolute Gasteiger partial charge is 0.497 e. The number of amides is 1. The van der Waals surface area contributed by atoms with Crippen molar-refractivity contribution in [2.24, 2.45) is 0 Å². The summed E-state index contributed by atoms with van der Waals surface area (Å²) in [5.41, 5.74) is 4.74. The first-order valence-corrected chi connectivity index (χ1v) is 9.92. The summed E-state index contributed by atoms with van der Waals surface area (Å²) in [6.07, 6.45) is 4.99. The molecule has 0 unspecified atom stereocenters. The van der Waals surface area contributed by atoms with E-state index in [9.17, 15) is 4.79 Å². The van der Waals surface area contributed by atoms with Crippen molar-refractivity contribution in [3.05, 3.63) is 83.8 Å². The molecule has 0 saturated heterocycles. The molecule has 4 aromatic rings. The molecule has 1 amide bonds. The number of carbonyl (C=O) groups is 1. The summed E-state index contributed by atoms with van der Waals surface area (Å²) in [5, 5.41) is 6.30. The number of aryl methyl sites for hydroxylation is 1. The summed E-state index contributed by atoms with van der Waals surface area (Å²) in [7, 11) is 1.63. The van der Waals surface area contributed by atoms with Gasteiger partial charge >= 0.3 is 0 Å². The number of nitrogens with one attached hydrogen (secondary N) is 2. The number of aromatic nitrogens is 3. The van der Waals surface area contributed by atoms with E-state index in [-0.39, 0.29) is 11.9 Å². The molecule has 0 bridgehead atoms. The molecule has 0 spiro atoms. The van der Waals surface area contributed by atoms with Crippen LogP contribution in [0, 0.1) is 6.92 Å². The number of carbonyl (C=O) groups excluding carboxylic acids is 1. The molecule has 0 saturated carbocycles. The van der Waals surface area contributed by atoms with E-state index < -0.39 is 0 Å². The van der Waals surface area contributed by atoms with Crippen LogP contribution in [0.1, 0.15) is 34.5 Å². The predicted molar refractivity (Wildman–Crippen MR) is 121 cm³/mol. The summed E-state index contributed by atoms with van der Waals surface area (Å²) in [6.45, 7) is 3.94. The van der Waals surface area contributed by atoms with E-state index in [0.717, 1.165) is 27.9 Å². The van der Waals surface area contributed by atoms with Gasteiger partial charge in [-0.05, 0) is 55.3 Å². The average Bonchev–Trinajstić information content (AvgIpc) is 2.78. The van der Waals surface area contributed by atoms with Crippen LogP contribution >= 0.6 is 0 Å². The Labute approximate surface area is 180 Å². The van der Waals surface area contributed by atoms with E-state index in [0.29, 0.717) is 17.1 Å². The van der Waals surface area contributed by atoms with Crippen LogP contribution in [0.3, 0.4) is 0 Å². The van der Waals surface area contributed by atoms with E-state index in [1.165, 1.54) is 0 Å². The minimum Gasteiger partial charge on any atom is -0.497 e. The van der Waals surface area contributed by atoms with Crippen molar-refractivity contribution in [1.29, 1.82) is 0 Å². The number of nitrogens with zero attached hydrogens (tertiary/aromatic N) is 3. The Bertz CT molecular complexity index is 1240. The van der Waals surface area contributed by atoms with Gasteiger partial charge in [-0.15, -0.1) is 0 Å². The lowest BCUT2D eigenvalue weighted by atomic mass is 10.1. The zero-order valence-corrected chi connectivity index (χ0v) is 17.6. The Kier molecular flexibility index (Phi) is 5.75. The van der Waals surface area contributed by atoms with E-state index in [2.05, 4.69) is 25.6 Å². The zero-order valence-electron chi connectivity index (χ0n) is 17.6. The molecule has 0 aliphatic heterocycles. The molecule has 2 aromatic heterocycles. The number of hydrogen-bond donors (Lipinski definition) is 2. The van der Waals surface area contributed by atoms with Gasteiger partial charge < -0.3 is 15.4 Å². The molecule has 2 heterocycles. The summed E-state index contributed by atoms with van der Waals surface area (Å²) in [6, 6.07) is 15.1. The first-order chi connectivity index (χ1) is 15.0. The highest BCUT2D eigenvalue weighted by molar-refractivity contribution is 6.04. The van der Waals surface area contributed by atoms with Gasteiger partial charge in [0.05, 0.1) is 35.9 Å². The van der Waals surface area contributed by atoms with Crippen LogP contribution < -0.4 is 15.4 Å². The number of methoxy groups -OCH3 is 1. The third-order valence-electron chi connectivity index (χ3n) is 4.90. The fourth-order valence-electron chi connectivity index (χ4n) is 3.26. The molecular weight excluding hydrogens is 390 g/mol. The van der Waals surface area contributed by atoms with Gasteiger partial charge in [0.2, 0.25) is 0 Å². The molecule has 2 aromatic carbocycles. The normalized spacial score (nSPS) is 11.7. The third-order valence-corrected chi connectivity index (χ3v) is 4.90. The highest BCUT2D eigenvalue weighted by atomic mass is 16.5. The molecule has 7 heteroatoms. The topological polar surface area (TPSA) is 89.0 Å². The molecule has 0 aliphatic carbocycles. The first-order valence-electron chi connectivity index (χ1n) is 9.92. The van der Waals surface area contributed by atoms with Gasteiger partial charge in [0.15, 0.2) is 0 Å². The Balaban J connectivity index is 1.49. The predicted octanol–water partition coefficient (Wildman–Crippen LogP) is 4.77. The maximum atomic E-state index is 12.5. The third kappa shape index (κ3) is 4.78. The maximum Gasteiger partial charge on any atom is 0.257 e. The summed E-state index contributed by atoms with van der Waals surface area (Å²) in [5.74, 6) is 1.20. The minimum atomic E-state index is -0.191. The maximum absolute atomic E-state index is 12.5. The van der Waals surface area contributed by atoms with Crippen LogP contribution in [-0.4, -0.2) is 28.0 Å². The minimum absolute atomic E-state index is 0.0464. The molecule has 4 rings (SSSR count). The van der Waals surface area contributed by atoms with Gasteiger partial charge in [0.25, 0.3) is 5.91 Å². The quantitative estimate of drug-likeness (QED) is 0.473. The second-order valence-electron chi connectivity index (χ2n) is 7.31. The fraction of sp³-hybridized carbons (Fsp3) is 0.167. The standard InChI is InChI=1S/C24H23N5O2/c1-15-9-18(13-25-12-15)24(30)28-19-6-4-5-17(10-19)16(2)27-23-14-26-21-8-7-20(31-3)11-22(21)29-23/h4-14,16H,1-3H3,(H,27,29)(H,28,30)/t16-/m0/s1. The molecule has 156 valence electrons. The second-order valence-corrected chi connectivity index (χ2v) is 7.31. The highest BCUT2D eigenvalue weighted by Gasteiger charge is 2.11. The number of pyridine rings is 1. The summed E-state index contributed by atoms with van der Waals surface area (Å²) in [4.78, 5) is 25.7. The van der Waals surface area contributed by atoms with Crippen molar-refractivity contribution in [2.75, 3.05) is 17.7 Å². The number of hydrogen-bond acceptors (Lipinski definition) is 6. The lowest BCUT2D eigenvalue weighted by molar-refractivity contribution is 0.102. The van der Waals surface area contributed by atoms with E-state index in [1.54, 1.807) is 25.7 Å². The second kappa shape index (κ2) is 8.79. The Morgan fingerprint density at radius 3 is 2.71 bits per heavy atom. The van der Waals surface area contributed by atoms with Crippen molar-refractivity contribution in [3.8, 4) is 5.75 Å². The van der Waals surface area contributed by atoms with Crippen molar-refractivity contribution in [2.45, 2.75) is 19.9 Å². The molecule has 7 nitrogen and oxygen atoms in total. The Hall–Kier alpha value is -4.00. The van der Waals surface area contributed by atoms with Gasteiger partial charge in [-0.1, -0.05) is 12.1 Å². The number of ether oxygens (including phenoxy) is 1. The monoisotopic (exact) mass is 413 g/mol. The van der Waals surface area contributed by atoms with Crippen molar-refractivity contribution in [3.63, 3.8) is 0 Å². The molecule has 0 radical (unpaired) electrons. The van der Waals surface area contributed by atoms with Gasteiger partial charge in [0, 0.05) is 24.1 Å². The molecule has 1 atom stereocenters. The molecule has 2 N–H and O–H groups in total. The molecule has 0 fully saturated rings. The van der Waals surface area contributed by atoms with Crippen LogP contribution in [0.2, 0.25) is 0 Å². The number of rotatable bonds is 6. The Morgan fingerprint density at radius 2 is 1.90 bits per heavy atom. The van der Waals surface area contributed by atoms with Crippen LogP contribution in [0.5, 0.6) is 5.75 Å². The van der Waals surface area contributed by atoms with Crippen molar-refractivity contribution < 1.29 is 9.53 Å². The zero-order chi connectivity index (χ0) is 21.8. The molecule has 0 aliphatic rings.